The lowest BCUT2D eigenvalue weighted by Gasteiger charge is -2.27. The molecule has 26 heavy (non-hydrogen) atoms. The molecule has 0 aromatic heterocycles. The van der Waals surface area contributed by atoms with Crippen LogP contribution in [0.15, 0.2) is 42.5 Å². The number of carbonyl (C=O) groups is 2. The minimum atomic E-state index is -0.286. The quantitative estimate of drug-likeness (QED) is 0.775. The molecular weight excluding hydrogens is 332 g/mol. The summed E-state index contributed by atoms with van der Waals surface area (Å²) in [6.45, 7) is 1.12. The number of anilines is 2. The van der Waals surface area contributed by atoms with Crippen molar-refractivity contribution in [3.63, 3.8) is 0 Å². The highest BCUT2D eigenvalue weighted by Gasteiger charge is 2.23. The molecule has 7 nitrogen and oxygen atoms in total. The Morgan fingerprint density at radius 1 is 1.27 bits per heavy atom. The molecule has 1 atom stereocenters. The van der Waals surface area contributed by atoms with Crippen LogP contribution >= 0.6 is 0 Å². The van der Waals surface area contributed by atoms with Crippen molar-refractivity contribution in [2.24, 2.45) is 0 Å². The SMILES string of the molecule is CN1Cc2ccc(NC(=O)N[C@@H]3CCOc4ccccc43)cc2NC1=O. The largest absolute Gasteiger partial charge is 0.493 e. The first kappa shape index (κ1) is 16.3. The van der Waals surface area contributed by atoms with E-state index in [4.69, 9.17) is 4.74 Å². The van der Waals surface area contributed by atoms with Gasteiger partial charge >= 0.3 is 12.1 Å². The second-order valence-corrected chi connectivity index (χ2v) is 6.48. The molecule has 3 N–H and O–H groups in total. The number of para-hydroxylation sites is 1. The van der Waals surface area contributed by atoms with Crippen LogP contribution in [0.1, 0.15) is 23.6 Å². The normalized spacial score (nSPS) is 18.1. The van der Waals surface area contributed by atoms with E-state index in [0.29, 0.717) is 18.8 Å². The van der Waals surface area contributed by atoms with Crippen LogP contribution in [0.2, 0.25) is 0 Å². The average molecular weight is 352 g/mol. The molecule has 0 radical (unpaired) electrons. The van der Waals surface area contributed by atoms with E-state index in [0.717, 1.165) is 29.0 Å². The first-order valence-corrected chi connectivity index (χ1v) is 8.54. The van der Waals surface area contributed by atoms with Gasteiger partial charge in [-0.15, -0.1) is 0 Å². The number of ether oxygens (including phenoxy) is 1. The summed E-state index contributed by atoms with van der Waals surface area (Å²) < 4.78 is 5.62. The molecule has 0 saturated heterocycles. The van der Waals surface area contributed by atoms with E-state index in [9.17, 15) is 9.59 Å². The number of amides is 4. The summed E-state index contributed by atoms with van der Waals surface area (Å²) in [4.78, 5) is 25.8. The summed E-state index contributed by atoms with van der Waals surface area (Å²) in [7, 11) is 1.74. The molecule has 2 aromatic carbocycles. The Morgan fingerprint density at radius 2 is 2.12 bits per heavy atom. The number of fused-ring (bicyclic) bond motifs is 2. The lowest BCUT2D eigenvalue weighted by Crippen LogP contribution is -2.36. The number of nitrogens with zero attached hydrogens (tertiary/aromatic N) is 1. The van der Waals surface area contributed by atoms with Crippen molar-refractivity contribution in [2.45, 2.75) is 19.0 Å². The van der Waals surface area contributed by atoms with Gasteiger partial charge in [0.25, 0.3) is 0 Å². The van der Waals surface area contributed by atoms with Gasteiger partial charge in [0.1, 0.15) is 5.75 Å². The highest BCUT2D eigenvalue weighted by molar-refractivity contribution is 5.95. The molecule has 0 aliphatic carbocycles. The number of urea groups is 2. The molecule has 0 fully saturated rings. The van der Waals surface area contributed by atoms with E-state index in [1.54, 1.807) is 18.0 Å². The number of benzene rings is 2. The Morgan fingerprint density at radius 3 is 3.00 bits per heavy atom. The minimum Gasteiger partial charge on any atom is -0.493 e. The van der Waals surface area contributed by atoms with E-state index in [1.807, 2.05) is 36.4 Å². The molecule has 4 rings (SSSR count). The second-order valence-electron chi connectivity index (χ2n) is 6.48. The third kappa shape index (κ3) is 3.15. The van der Waals surface area contributed by atoms with Crippen LogP contribution in [0, 0.1) is 0 Å². The first-order valence-electron chi connectivity index (χ1n) is 8.54. The van der Waals surface area contributed by atoms with E-state index in [2.05, 4.69) is 16.0 Å². The van der Waals surface area contributed by atoms with Gasteiger partial charge < -0.3 is 25.6 Å². The minimum absolute atomic E-state index is 0.0917. The number of nitrogens with one attached hydrogen (secondary N) is 3. The smallest absolute Gasteiger partial charge is 0.321 e. The summed E-state index contributed by atoms with van der Waals surface area (Å²) in [5.41, 5.74) is 3.35. The number of hydrogen-bond donors (Lipinski definition) is 3. The number of carbonyl (C=O) groups excluding carboxylic acids is 2. The van der Waals surface area contributed by atoms with E-state index in [1.165, 1.54) is 0 Å². The maximum Gasteiger partial charge on any atom is 0.321 e. The van der Waals surface area contributed by atoms with Crippen molar-refractivity contribution in [3.05, 3.63) is 53.6 Å². The Bertz CT molecular complexity index is 868. The van der Waals surface area contributed by atoms with E-state index < -0.39 is 0 Å². The Hall–Kier alpha value is -3.22. The summed E-state index contributed by atoms with van der Waals surface area (Å²) in [6.07, 6.45) is 0.719. The van der Waals surface area contributed by atoms with Gasteiger partial charge in [-0.2, -0.15) is 0 Å². The lowest BCUT2D eigenvalue weighted by molar-refractivity contribution is 0.218. The van der Waals surface area contributed by atoms with Crippen molar-refractivity contribution >= 4 is 23.4 Å². The van der Waals surface area contributed by atoms with Gasteiger partial charge in [-0.1, -0.05) is 24.3 Å². The summed E-state index contributed by atoms with van der Waals surface area (Å²) in [6, 6.07) is 12.7. The maximum absolute atomic E-state index is 12.4. The second kappa shape index (κ2) is 6.59. The molecule has 0 bridgehead atoms. The van der Waals surface area contributed by atoms with Crippen LogP contribution in [-0.2, 0) is 6.54 Å². The van der Waals surface area contributed by atoms with E-state index in [-0.39, 0.29) is 18.1 Å². The van der Waals surface area contributed by atoms with Crippen LogP contribution in [0.4, 0.5) is 21.0 Å². The van der Waals surface area contributed by atoms with Crippen molar-refractivity contribution in [1.29, 1.82) is 0 Å². The monoisotopic (exact) mass is 352 g/mol. The third-order valence-corrected chi connectivity index (χ3v) is 4.63. The number of rotatable bonds is 2. The Kier molecular flexibility index (Phi) is 4.12. The molecule has 0 unspecified atom stereocenters. The van der Waals surface area contributed by atoms with Gasteiger partial charge in [-0.25, -0.2) is 9.59 Å². The third-order valence-electron chi connectivity index (χ3n) is 4.63. The Balaban J connectivity index is 1.45. The molecule has 0 spiro atoms. The summed E-state index contributed by atoms with van der Waals surface area (Å²) in [5, 5.41) is 8.65. The first-order chi connectivity index (χ1) is 12.6. The van der Waals surface area contributed by atoms with Crippen LogP contribution in [0.25, 0.3) is 0 Å². The van der Waals surface area contributed by atoms with E-state index >= 15 is 0 Å². The van der Waals surface area contributed by atoms with Crippen LogP contribution < -0.4 is 20.7 Å². The predicted octanol–water partition coefficient (Wildman–Crippen LogP) is 3.31. The summed E-state index contributed by atoms with van der Waals surface area (Å²) >= 11 is 0. The molecule has 2 aliphatic heterocycles. The molecule has 134 valence electrons. The average Bonchev–Trinajstić information content (AvgIpc) is 2.63. The van der Waals surface area contributed by atoms with Gasteiger partial charge in [0, 0.05) is 37.0 Å². The fourth-order valence-electron chi connectivity index (χ4n) is 3.26. The van der Waals surface area contributed by atoms with Crippen LogP contribution in [-0.4, -0.2) is 30.6 Å². The van der Waals surface area contributed by atoms with Crippen LogP contribution in [0.5, 0.6) is 5.75 Å². The molecule has 0 saturated carbocycles. The van der Waals surface area contributed by atoms with Gasteiger partial charge in [0.05, 0.1) is 12.6 Å². The zero-order valence-corrected chi connectivity index (χ0v) is 14.4. The molecular formula is C19H20N4O3. The molecule has 2 aromatic rings. The number of hydrogen-bond acceptors (Lipinski definition) is 3. The van der Waals surface area contributed by atoms with Gasteiger partial charge in [0.2, 0.25) is 0 Å². The summed E-state index contributed by atoms with van der Waals surface area (Å²) in [5.74, 6) is 0.810. The molecule has 4 amide bonds. The van der Waals surface area contributed by atoms with Crippen molar-refractivity contribution in [1.82, 2.24) is 10.2 Å². The molecule has 2 heterocycles. The molecule has 7 heteroatoms. The van der Waals surface area contributed by atoms with Crippen molar-refractivity contribution in [2.75, 3.05) is 24.3 Å². The van der Waals surface area contributed by atoms with Crippen molar-refractivity contribution in [3.8, 4) is 5.75 Å². The van der Waals surface area contributed by atoms with Crippen LogP contribution in [0.3, 0.4) is 0 Å². The standard InChI is InChI=1S/C19H20N4O3/c1-23-11-12-6-7-13(10-16(12)22-19(23)25)20-18(24)21-15-8-9-26-17-5-3-2-4-14(15)17/h2-7,10,15H,8-9,11H2,1H3,(H,22,25)(H2,20,21,24)/t15-/m1/s1. The fraction of sp³-hybridized carbons (Fsp3) is 0.263. The molecule has 2 aliphatic rings. The zero-order chi connectivity index (χ0) is 18.1. The van der Waals surface area contributed by atoms with Gasteiger partial charge in [-0.3, -0.25) is 0 Å². The topological polar surface area (TPSA) is 82.7 Å². The zero-order valence-electron chi connectivity index (χ0n) is 14.4. The highest BCUT2D eigenvalue weighted by Crippen LogP contribution is 2.31. The predicted molar refractivity (Wildman–Crippen MR) is 98.4 cm³/mol. The van der Waals surface area contributed by atoms with Gasteiger partial charge in [-0.05, 0) is 23.8 Å². The van der Waals surface area contributed by atoms with Gasteiger partial charge in [0.15, 0.2) is 0 Å². The maximum atomic E-state index is 12.4. The van der Waals surface area contributed by atoms with Crippen molar-refractivity contribution < 1.29 is 14.3 Å². The highest BCUT2D eigenvalue weighted by atomic mass is 16.5. The Labute approximate surface area is 151 Å². The lowest BCUT2D eigenvalue weighted by atomic mass is 10.0. The fourth-order valence-corrected chi connectivity index (χ4v) is 3.26.